The zero-order valence-corrected chi connectivity index (χ0v) is 17.2. The molecule has 2 aromatic heterocycles. The van der Waals surface area contributed by atoms with E-state index < -0.39 is 21.8 Å². The molecule has 164 valence electrons. The molecule has 8 nitrogen and oxygen atoms in total. The maximum atomic E-state index is 12.8. The van der Waals surface area contributed by atoms with Gasteiger partial charge in [0.1, 0.15) is 18.0 Å². The van der Waals surface area contributed by atoms with Crippen molar-refractivity contribution in [1.29, 1.82) is 0 Å². The van der Waals surface area contributed by atoms with Gasteiger partial charge in [-0.1, -0.05) is 12.1 Å². The van der Waals surface area contributed by atoms with E-state index in [0.717, 1.165) is 18.4 Å². The summed E-state index contributed by atoms with van der Waals surface area (Å²) in [5, 5.41) is 7.82. The highest BCUT2D eigenvalue weighted by molar-refractivity contribution is 7.92. The monoisotopic (exact) mass is 454 g/mol. The van der Waals surface area contributed by atoms with Crippen LogP contribution < -0.4 is 14.2 Å². The van der Waals surface area contributed by atoms with Crippen LogP contribution in [0, 0.1) is 0 Å². The Morgan fingerprint density at radius 1 is 1.10 bits per heavy atom. The summed E-state index contributed by atoms with van der Waals surface area (Å²) in [6.07, 6.45) is -0.611. The van der Waals surface area contributed by atoms with Crippen molar-refractivity contribution < 1.29 is 31.1 Å². The second-order valence-electron chi connectivity index (χ2n) is 6.42. The summed E-state index contributed by atoms with van der Waals surface area (Å²) in [6, 6.07) is 7.79. The van der Waals surface area contributed by atoms with Crippen molar-refractivity contribution >= 4 is 15.7 Å². The standard InChI is InChI=1S/C19H17F3N4O4S/c1-29-18-17(26-31(2,27)28)8-16(24-25-18)13-7-15(10-23-9-13)30-11-12-4-3-5-14(6-12)19(20,21)22/h3-10H,11H2,1-2H3,(H,24,26). The van der Waals surface area contributed by atoms with Crippen molar-refractivity contribution in [2.75, 3.05) is 18.1 Å². The number of hydrogen-bond acceptors (Lipinski definition) is 7. The molecule has 12 heteroatoms. The van der Waals surface area contributed by atoms with Crippen LogP contribution in [0.5, 0.6) is 11.6 Å². The molecular formula is C19H17F3N4O4S. The van der Waals surface area contributed by atoms with Crippen LogP contribution in [0.2, 0.25) is 0 Å². The summed E-state index contributed by atoms with van der Waals surface area (Å²) >= 11 is 0. The van der Waals surface area contributed by atoms with E-state index >= 15 is 0 Å². The van der Waals surface area contributed by atoms with E-state index in [1.807, 2.05) is 0 Å². The molecule has 0 saturated heterocycles. The van der Waals surface area contributed by atoms with Crippen LogP contribution in [-0.2, 0) is 22.8 Å². The van der Waals surface area contributed by atoms with Gasteiger partial charge in [0.05, 0.1) is 30.8 Å². The normalized spacial score (nSPS) is 11.8. The highest BCUT2D eigenvalue weighted by atomic mass is 32.2. The molecule has 0 radical (unpaired) electrons. The first-order valence-corrected chi connectivity index (χ1v) is 10.6. The Bertz CT molecular complexity index is 1190. The lowest BCUT2D eigenvalue weighted by Crippen LogP contribution is -2.11. The second-order valence-corrected chi connectivity index (χ2v) is 8.17. The summed E-state index contributed by atoms with van der Waals surface area (Å²) in [7, 11) is -2.27. The smallest absolute Gasteiger partial charge is 0.416 e. The van der Waals surface area contributed by atoms with E-state index in [1.54, 1.807) is 6.07 Å². The number of ether oxygens (including phenoxy) is 2. The number of sulfonamides is 1. The van der Waals surface area contributed by atoms with Crippen LogP contribution in [0.3, 0.4) is 0 Å². The summed E-state index contributed by atoms with van der Waals surface area (Å²) in [6.45, 7) is -0.107. The van der Waals surface area contributed by atoms with E-state index in [0.29, 0.717) is 11.1 Å². The van der Waals surface area contributed by atoms with E-state index in [-0.39, 0.29) is 29.6 Å². The molecule has 0 bridgehead atoms. The Morgan fingerprint density at radius 3 is 2.55 bits per heavy atom. The third-order valence-electron chi connectivity index (χ3n) is 3.92. The first kappa shape index (κ1) is 22.3. The molecule has 0 unspecified atom stereocenters. The van der Waals surface area contributed by atoms with Gasteiger partial charge in [0.15, 0.2) is 0 Å². The Morgan fingerprint density at radius 2 is 1.87 bits per heavy atom. The largest absolute Gasteiger partial charge is 0.487 e. The highest BCUT2D eigenvalue weighted by Crippen LogP contribution is 2.30. The molecule has 0 spiro atoms. The van der Waals surface area contributed by atoms with E-state index in [2.05, 4.69) is 19.9 Å². The number of benzene rings is 1. The molecule has 1 N–H and O–H groups in total. The maximum absolute atomic E-state index is 12.8. The van der Waals surface area contributed by atoms with Crippen LogP contribution in [0.1, 0.15) is 11.1 Å². The van der Waals surface area contributed by atoms with Crippen LogP contribution in [0.4, 0.5) is 18.9 Å². The van der Waals surface area contributed by atoms with E-state index in [1.165, 1.54) is 37.7 Å². The van der Waals surface area contributed by atoms with Gasteiger partial charge in [0.25, 0.3) is 5.88 Å². The Balaban J connectivity index is 1.82. The molecule has 0 aliphatic carbocycles. The number of anilines is 1. The lowest BCUT2D eigenvalue weighted by atomic mass is 10.1. The molecule has 3 rings (SSSR count). The van der Waals surface area contributed by atoms with Gasteiger partial charge in [-0.15, -0.1) is 10.2 Å². The van der Waals surface area contributed by atoms with Gasteiger partial charge >= 0.3 is 6.18 Å². The number of methoxy groups -OCH3 is 1. The van der Waals surface area contributed by atoms with Crippen LogP contribution in [-0.4, -0.2) is 37.0 Å². The van der Waals surface area contributed by atoms with Crippen molar-refractivity contribution in [2.24, 2.45) is 0 Å². The van der Waals surface area contributed by atoms with Crippen molar-refractivity contribution in [1.82, 2.24) is 15.2 Å². The summed E-state index contributed by atoms with van der Waals surface area (Å²) in [5.74, 6) is 0.268. The van der Waals surface area contributed by atoms with E-state index in [9.17, 15) is 21.6 Å². The predicted octanol–water partition coefficient (Wildman–Crippen LogP) is 3.52. The van der Waals surface area contributed by atoms with Crippen LogP contribution in [0.15, 0.2) is 48.8 Å². The zero-order chi connectivity index (χ0) is 22.6. The fraction of sp³-hybridized carbons (Fsp3) is 0.211. The molecule has 2 heterocycles. The number of hydrogen-bond donors (Lipinski definition) is 1. The SMILES string of the molecule is COc1nnc(-c2cncc(OCc3cccc(C(F)(F)F)c3)c2)cc1NS(C)(=O)=O. The fourth-order valence-electron chi connectivity index (χ4n) is 2.59. The van der Waals surface area contributed by atoms with Crippen LogP contribution >= 0.6 is 0 Å². The molecule has 1 aromatic carbocycles. The van der Waals surface area contributed by atoms with Crippen molar-refractivity contribution in [3.05, 3.63) is 59.9 Å². The van der Waals surface area contributed by atoms with Gasteiger partial charge in [0, 0.05) is 11.8 Å². The Hall–Kier alpha value is -3.41. The number of pyridine rings is 1. The van der Waals surface area contributed by atoms with Crippen molar-refractivity contribution in [3.63, 3.8) is 0 Å². The highest BCUT2D eigenvalue weighted by Gasteiger charge is 2.30. The molecular weight excluding hydrogens is 437 g/mol. The Kier molecular flexibility index (Phi) is 6.29. The topological polar surface area (TPSA) is 103 Å². The third-order valence-corrected chi connectivity index (χ3v) is 4.51. The number of nitrogens with one attached hydrogen (secondary N) is 1. The zero-order valence-electron chi connectivity index (χ0n) is 16.3. The number of nitrogens with zero attached hydrogens (tertiary/aromatic N) is 3. The van der Waals surface area contributed by atoms with Gasteiger partial charge in [-0.3, -0.25) is 9.71 Å². The second kappa shape index (κ2) is 8.76. The lowest BCUT2D eigenvalue weighted by Gasteiger charge is -2.11. The molecule has 0 fully saturated rings. The number of aromatic nitrogens is 3. The van der Waals surface area contributed by atoms with Gasteiger partial charge in [-0.05, 0) is 29.8 Å². The third kappa shape index (κ3) is 6.04. The molecule has 0 aliphatic heterocycles. The quantitative estimate of drug-likeness (QED) is 0.583. The lowest BCUT2D eigenvalue weighted by molar-refractivity contribution is -0.137. The summed E-state index contributed by atoms with van der Waals surface area (Å²) in [4.78, 5) is 4.03. The molecule has 0 saturated carbocycles. The summed E-state index contributed by atoms with van der Waals surface area (Å²) < 4.78 is 74.5. The first-order chi connectivity index (χ1) is 14.5. The van der Waals surface area contributed by atoms with Gasteiger partial charge < -0.3 is 9.47 Å². The van der Waals surface area contributed by atoms with Gasteiger partial charge in [0.2, 0.25) is 10.0 Å². The first-order valence-electron chi connectivity index (χ1n) is 8.69. The molecule has 3 aromatic rings. The van der Waals surface area contributed by atoms with Crippen molar-refractivity contribution in [3.8, 4) is 22.9 Å². The molecule has 0 amide bonds. The molecule has 0 atom stereocenters. The predicted molar refractivity (Wildman–Crippen MR) is 106 cm³/mol. The number of rotatable bonds is 7. The van der Waals surface area contributed by atoms with Crippen molar-refractivity contribution in [2.45, 2.75) is 12.8 Å². The average Bonchev–Trinajstić information content (AvgIpc) is 2.71. The minimum atomic E-state index is -4.44. The fourth-order valence-corrected chi connectivity index (χ4v) is 3.13. The maximum Gasteiger partial charge on any atom is 0.416 e. The van der Waals surface area contributed by atoms with E-state index in [4.69, 9.17) is 9.47 Å². The van der Waals surface area contributed by atoms with Gasteiger partial charge in [-0.25, -0.2) is 8.42 Å². The number of halogens is 3. The van der Waals surface area contributed by atoms with Gasteiger partial charge in [-0.2, -0.15) is 13.2 Å². The Labute approximate surface area is 176 Å². The molecule has 31 heavy (non-hydrogen) atoms. The number of alkyl halides is 3. The minimum Gasteiger partial charge on any atom is -0.487 e. The van der Waals surface area contributed by atoms with Crippen LogP contribution in [0.25, 0.3) is 11.3 Å². The minimum absolute atomic E-state index is 0.0147. The molecule has 0 aliphatic rings. The summed E-state index contributed by atoms with van der Waals surface area (Å²) in [5.41, 5.74) is 0.395. The average molecular weight is 454 g/mol.